The second kappa shape index (κ2) is 6.92. The summed E-state index contributed by atoms with van der Waals surface area (Å²) in [5.41, 5.74) is 2.86. The molecular formula is C13H14ClN3O2. The zero-order valence-electron chi connectivity index (χ0n) is 10.3. The lowest BCUT2D eigenvalue weighted by atomic mass is 10.2. The number of hydrogen-bond acceptors (Lipinski definition) is 3. The molecule has 2 rings (SSSR count). The van der Waals surface area contributed by atoms with Crippen LogP contribution in [0.1, 0.15) is 16.8 Å². The fourth-order valence-electron chi connectivity index (χ4n) is 1.54. The molecule has 0 saturated carbocycles. The molecule has 0 saturated heterocycles. The van der Waals surface area contributed by atoms with E-state index in [0.29, 0.717) is 17.2 Å². The first-order chi connectivity index (χ1) is 9.25. The second-order valence-electron chi connectivity index (χ2n) is 3.94. The third kappa shape index (κ3) is 4.39. The molecule has 0 bridgehead atoms. The van der Waals surface area contributed by atoms with Gasteiger partial charge < -0.3 is 4.57 Å². The molecule has 1 aromatic carbocycles. The van der Waals surface area contributed by atoms with Gasteiger partial charge in [-0.3, -0.25) is 9.63 Å². The maximum atomic E-state index is 11.7. The molecule has 5 nitrogen and oxygen atoms in total. The van der Waals surface area contributed by atoms with Gasteiger partial charge in [-0.05, 0) is 24.6 Å². The number of halogens is 1. The molecule has 2 aromatic rings. The summed E-state index contributed by atoms with van der Waals surface area (Å²) in [6.45, 7) is 1.23. The quantitative estimate of drug-likeness (QED) is 0.652. The number of carbonyl (C=O) groups is 1. The number of nitrogens with zero attached hydrogens (tertiary/aromatic N) is 2. The molecule has 0 aliphatic rings. The van der Waals surface area contributed by atoms with Crippen LogP contribution in [0.5, 0.6) is 0 Å². The summed E-state index contributed by atoms with van der Waals surface area (Å²) >= 11 is 5.80. The topological polar surface area (TPSA) is 56.1 Å². The molecule has 0 aliphatic carbocycles. The summed E-state index contributed by atoms with van der Waals surface area (Å²) in [4.78, 5) is 20.7. The fourth-order valence-corrected chi connectivity index (χ4v) is 1.73. The number of imidazole rings is 1. The van der Waals surface area contributed by atoms with Crippen molar-refractivity contribution in [2.75, 3.05) is 6.61 Å². The number of carbonyl (C=O) groups excluding carboxylic acids is 1. The third-order valence-electron chi connectivity index (χ3n) is 2.47. The Morgan fingerprint density at radius 3 is 3.11 bits per heavy atom. The Balaban J connectivity index is 1.67. The summed E-state index contributed by atoms with van der Waals surface area (Å²) in [5.74, 6) is -0.301. The van der Waals surface area contributed by atoms with E-state index >= 15 is 0 Å². The van der Waals surface area contributed by atoms with Crippen molar-refractivity contribution in [2.24, 2.45) is 0 Å². The Hall–Kier alpha value is -1.85. The van der Waals surface area contributed by atoms with Crippen molar-refractivity contribution >= 4 is 17.5 Å². The molecule has 0 aliphatic heterocycles. The monoisotopic (exact) mass is 279 g/mol. The van der Waals surface area contributed by atoms with Gasteiger partial charge in [0.05, 0.1) is 12.9 Å². The van der Waals surface area contributed by atoms with Crippen LogP contribution in [0.4, 0.5) is 0 Å². The minimum atomic E-state index is -0.301. The van der Waals surface area contributed by atoms with E-state index in [1.54, 1.807) is 36.8 Å². The molecule has 0 unspecified atom stereocenters. The molecule has 0 fully saturated rings. The van der Waals surface area contributed by atoms with Crippen LogP contribution in [-0.2, 0) is 11.4 Å². The predicted molar refractivity (Wildman–Crippen MR) is 71.7 cm³/mol. The van der Waals surface area contributed by atoms with Gasteiger partial charge in [0.1, 0.15) is 0 Å². The summed E-state index contributed by atoms with van der Waals surface area (Å²) in [5, 5.41) is 0.521. The van der Waals surface area contributed by atoms with Crippen LogP contribution < -0.4 is 5.48 Å². The van der Waals surface area contributed by atoms with Crippen LogP contribution >= 0.6 is 11.6 Å². The third-order valence-corrected chi connectivity index (χ3v) is 2.71. The number of benzene rings is 1. The fraction of sp³-hybridized carbons (Fsp3) is 0.231. The minimum absolute atomic E-state index is 0.301. The zero-order valence-corrected chi connectivity index (χ0v) is 11.0. The Labute approximate surface area is 116 Å². The van der Waals surface area contributed by atoms with Crippen LogP contribution in [0.25, 0.3) is 0 Å². The molecule has 1 heterocycles. The van der Waals surface area contributed by atoms with Crippen LogP contribution in [0.3, 0.4) is 0 Å². The van der Waals surface area contributed by atoms with E-state index in [4.69, 9.17) is 16.4 Å². The highest BCUT2D eigenvalue weighted by Gasteiger charge is 2.05. The van der Waals surface area contributed by atoms with Crippen molar-refractivity contribution in [2.45, 2.75) is 13.0 Å². The first-order valence-corrected chi connectivity index (χ1v) is 6.27. The normalized spacial score (nSPS) is 10.4. The lowest BCUT2D eigenvalue weighted by molar-refractivity contribution is 0.0293. The summed E-state index contributed by atoms with van der Waals surface area (Å²) in [6.07, 6.45) is 6.13. The van der Waals surface area contributed by atoms with Crippen LogP contribution in [0, 0.1) is 0 Å². The van der Waals surface area contributed by atoms with E-state index in [1.165, 1.54) is 0 Å². The summed E-state index contributed by atoms with van der Waals surface area (Å²) < 4.78 is 1.95. The molecule has 0 spiro atoms. The smallest absolute Gasteiger partial charge is 0.274 e. The van der Waals surface area contributed by atoms with Gasteiger partial charge in [0.15, 0.2) is 0 Å². The molecule has 1 N–H and O–H groups in total. The van der Waals surface area contributed by atoms with Crippen LogP contribution in [0.2, 0.25) is 5.02 Å². The van der Waals surface area contributed by atoms with Crippen molar-refractivity contribution in [1.82, 2.24) is 15.0 Å². The van der Waals surface area contributed by atoms with E-state index < -0.39 is 0 Å². The predicted octanol–water partition coefficient (Wildman–Crippen LogP) is 2.29. The Morgan fingerprint density at radius 1 is 1.47 bits per heavy atom. The average molecular weight is 280 g/mol. The molecule has 19 heavy (non-hydrogen) atoms. The SMILES string of the molecule is O=C(NOCCCn1ccnc1)c1cccc(Cl)c1. The largest absolute Gasteiger partial charge is 0.337 e. The first-order valence-electron chi connectivity index (χ1n) is 5.89. The minimum Gasteiger partial charge on any atom is -0.337 e. The van der Waals surface area contributed by atoms with E-state index in [-0.39, 0.29) is 5.91 Å². The number of hydrogen-bond donors (Lipinski definition) is 1. The van der Waals surface area contributed by atoms with Crippen LogP contribution in [0.15, 0.2) is 43.0 Å². The van der Waals surface area contributed by atoms with E-state index in [0.717, 1.165) is 13.0 Å². The molecular weight excluding hydrogens is 266 g/mol. The van der Waals surface area contributed by atoms with E-state index in [1.807, 2.05) is 10.8 Å². The van der Waals surface area contributed by atoms with Crippen LogP contribution in [-0.4, -0.2) is 22.1 Å². The molecule has 6 heteroatoms. The summed E-state index contributed by atoms with van der Waals surface area (Å²) in [6, 6.07) is 6.70. The number of amides is 1. The first kappa shape index (κ1) is 13.6. The van der Waals surface area contributed by atoms with Gasteiger partial charge in [-0.25, -0.2) is 10.5 Å². The van der Waals surface area contributed by atoms with Crippen molar-refractivity contribution in [3.63, 3.8) is 0 Å². The lowest BCUT2D eigenvalue weighted by Gasteiger charge is -2.06. The van der Waals surface area contributed by atoms with Gasteiger partial charge in [0.25, 0.3) is 5.91 Å². The van der Waals surface area contributed by atoms with E-state index in [2.05, 4.69) is 10.5 Å². The Bertz CT molecular complexity index is 528. The van der Waals surface area contributed by atoms with Gasteiger partial charge in [-0.15, -0.1) is 0 Å². The van der Waals surface area contributed by atoms with Crippen molar-refractivity contribution in [1.29, 1.82) is 0 Å². The van der Waals surface area contributed by atoms with Gasteiger partial charge in [0, 0.05) is 29.5 Å². The molecule has 1 aromatic heterocycles. The van der Waals surface area contributed by atoms with Gasteiger partial charge in [-0.1, -0.05) is 17.7 Å². The highest BCUT2D eigenvalue weighted by Crippen LogP contribution is 2.10. The second-order valence-corrected chi connectivity index (χ2v) is 4.38. The molecule has 1 amide bonds. The number of aryl methyl sites for hydroxylation is 1. The number of aromatic nitrogens is 2. The number of rotatable bonds is 6. The molecule has 100 valence electrons. The Kier molecular flexibility index (Phi) is 4.94. The highest BCUT2D eigenvalue weighted by atomic mass is 35.5. The van der Waals surface area contributed by atoms with Gasteiger partial charge >= 0.3 is 0 Å². The Morgan fingerprint density at radius 2 is 2.37 bits per heavy atom. The molecule has 0 radical (unpaired) electrons. The number of hydroxylamine groups is 1. The summed E-state index contributed by atoms with van der Waals surface area (Å²) in [7, 11) is 0. The van der Waals surface area contributed by atoms with Crippen molar-refractivity contribution < 1.29 is 9.63 Å². The maximum absolute atomic E-state index is 11.7. The lowest BCUT2D eigenvalue weighted by Crippen LogP contribution is -2.24. The van der Waals surface area contributed by atoms with Crippen molar-refractivity contribution in [3.8, 4) is 0 Å². The molecule has 0 atom stereocenters. The maximum Gasteiger partial charge on any atom is 0.274 e. The standard InChI is InChI=1S/C13H14ClN3O2/c14-12-4-1-3-11(9-12)13(18)16-19-8-2-6-17-7-5-15-10-17/h1,3-5,7,9-10H,2,6,8H2,(H,16,18). The number of nitrogens with one attached hydrogen (secondary N) is 1. The average Bonchev–Trinajstić information content (AvgIpc) is 2.91. The van der Waals surface area contributed by atoms with Gasteiger partial charge in [-0.2, -0.15) is 0 Å². The van der Waals surface area contributed by atoms with E-state index in [9.17, 15) is 4.79 Å². The zero-order chi connectivity index (χ0) is 13.5. The highest BCUT2D eigenvalue weighted by molar-refractivity contribution is 6.30. The van der Waals surface area contributed by atoms with Crippen molar-refractivity contribution in [3.05, 3.63) is 53.6 Å². The van der Waals surface area contributed by atoms with Gasteiger partial charge in [0.2, 0.25) is 0 Å².